The second kappa shape index (κ2) is 4.89. The molecule has 0 amide bonds. The Morgan fingerprint density at radius 2 is 2.25 bits per heavy atom. The van der Waals surface area contributed by atoms with Gasteiger partial charge in [0, 0.05) is 11.1 Å². The molecule has 0 aliphatic carbocycles. The molecule has 0 bridgehead atoms. The van der Waals surface area contributed by atoms with E-state index in [9.17, 15) is 19.3 Å². The third kappa shape index (κ3) is 2.66. The topological polar surface area (TPSA) is 69.4 Å². The summed E-state index contributed by atoms with van der Waals surface area (Å²) in [5.41, 5.74) is -0.565. The van der Waals surface area contributed by atoms with Gasteiger partial charge in [0.05, 0.1) is 18.5 Å². The van der Waals surface area contributed by atoms with Gasteiger partial charge in [-0.25, -0.2) is 0 Å². The minimum atomic E-state index is -1.04. The molecular weight excluding hydrogens is 241 g/mol. The summed E-state index contributed by atoms with van der Waals surface area (Å²) in [5, 5.41) is 10.4. The molecule has 5 nitrogen and oxygen atoms in total. The van der Waals surface area contributed by atoms with Crippen LogP contribution in [0, 0.1) is 15.9 Å². The van der Waals surface area contributed by atoms with Crippen molar-refractivity contribution in [2.75, 3.05) is 7.11 Å². The van der Waals surface area contributed by atoms with Crippen LogP contribution in [0.4, 0.5) is 10.1 Å². The molecule has 7 heteroatoms. The monoisotopic (exact) mass is 247 g/mol. The van der Waals surface area contributed by atoms with Gasteiger partial charge in [-0.15, -0.1) is 0 Å². The fourth-order valence-electron chi connectivity index (χ4n) is 1.08. The van der Waals surface area contributed by atoms with Crippen LogP contribution >= 0.6 is 11.6 Å². The summed E-state index contributed by atoms with van der Waals surface area (Å²) in [6.45, 7) is 0. The molecule has 0 saturated carbocycles. The number of carbonyl (C=O) groups excluding carboxylic acids is 1. The first-order valence-corrected chi connectivity index (χ1v) is 4.52. The van der Waals surface area contributed by atoms with Gasteiger partial charge in [0.2, 0.25) is 5.82 Å². The van der Waals surface area contributed by atoms with E-state index in [-0.39, 0.29) is 17.0 Å². The molecule has 0 heterocycles. The fraction of sp³-hybridized carbons (Fsp3) is 0.222. The Morgan fingerprint density at radius 3 is 2.75 bits per heavy atom. The number of nitrogens with zero attached hydrogens (tertiary/aromatic N) is 1. The van der Waals surface area contributed by atoms with E-state index < -0.39 is 22.4 Å². The molecule has 0 fully saturated rings. The molecule has 0 aliphatic rings. The lowest BCUT2D eigenvalue weighted by Crippen LogP contribution is -2.06. The van der Waals surface area contributed by atoms with Crippen LogP contribution in [0.2, 0.25) is 5.02 Å². The van der Waals surface area contributed by atoms with E-state index in [2.05, 4.69) is 4.74 Å². The molecular formula is C9H7ClFNO4. The number of hydrogen-bond acceptors (Lipinski definition) is 4. The van der Waals surface area contributed by atoms with Crippen LogP contribution in [-0.2, 0) is 16.0 Å². The molecule has 16 heavy (non-hydrogen) atoms. The standard InChI is InChI=1S/C9H7ClFNO4/c1-16-9(13)3-5-2-8(12(14)15)7(11)4-6(5)10/h2,4H,3H2,1H3. The summed E-state index contributed by atoms with van der Waals surface area (Å²) in [5.74, 6) is -1.65. The molecule has 0 radical (unpaired) electrons. The number of ether oxygens (including phenoxy) is 1. The molecule has 0 aliphatic heterocycles. The first kappa shape index (κ1) is 12.4. The molecule has 0 aromatic heterocycles. The fourth-order valence-corrected chi connectivity index (χ4v) is 1.30. The van der Waals surface area contributed by atoms with E-state index >= 15 is 0 Å². The van der Waals surface area contributed by atoms with E-state index in [0.29, 0.717) is 0 Å². The van der Waals surface area contributed by atoms with Gasteiger partial charge in [-0.3, -0.25) is 14.9 Å². The average molecular weight is 248 g/mol. The zero-order chi connectivity index (χ0) is 12.3. The highest BCUT2D eigenvalue weighted by molar-refractivity contribution is 6.31. The smallest absolute Gasteiger partial charge is 0.310 e. The molecule has 0 unspecified atom stereocenters. The summed E-state index contributed by atoms with van der Waals surface area (Å²) in [7, 11) is 1.17. The molecule has 0 N–H and O–H groups in total. The van der Waals surface area contributed by atoms with Gasteiger partial charge >= 0.3 is 11.7 Å². The van der Waals surface area contributed by atoms with Crippen molar-refractivity contribution in [2.24, 2.45) is 0 Å². The Labute approximate surface area is 94.9 Å². The Hall–Kier alpha value is -1.69. The first-order chi connectivity index (χ1) is 7.45. The van der Waals surface area contributed by atoms with Crippen LogP contribution in [0.25, 0.3) is 0 Å². The zero-order valence-electron chi connectivity index (χ0n) is 8.20. The molecule has 86 valence electrons. The summed E-state index contributed by atoms with van der Waals surface area (Å²) in [6.07, 6.45) is -0.240. The number of esters is 1. The largest absolute Gasteiger partial charge is 0.469 e. The lowest BCUT2D eigenvalue weighted by Gasteiger charge is -2.03. The second-order valence-corrected chi connectivity index (χ2v) is 3.31. The highest BCUT2D eigenvalue weighted by atomic mass is 35.5. The van der Waals surface area contributed by atoms with Gasteiger partial charge in [0.25, 0.3) is 0 Å². The van der Waals surface area contributed by atoms with Crippen molar-refractivity contribution in [2.45, 2.75) is 6.42 Å². The molecule has 0 atom stereocenters. The number of hydrogen-bond donors (Lipinski definition) is 0. The Kier molecular flexibility index (Phi) is 3.78. The van der Waals surface area contributed by atoms with E-state index in [0.717, 1.165) is 12.1 Å². The molecule has 1 aromatic rings. The third-order valence-electron chi connectivity index (χ3n) is 1.88. The van der Waals surface area contributed by atoms with Gasteiger partial charge in [-0.1, -0.05) is 11.6 Å². The van der Waals surface area contributed by atoms with Gasteiger partial charge in [0.15, 0.2) is 0 Å². The molecule has 0 spiro atoms. The van der Waals surface area contributed by atoms with Gasteiger partial charge in [-0.05, 0) is 11.6 Å². The number of carbonyl (C=O) groups is 1. The number of methoxy groups -OCH3 is 1. The minimum absolute atomic E-state index is 0.0477. The van der Waals surface area contributed by atoms with Crippen molar-refractivity contribution in [3.8, 4) is 0 Å². The summed E-state index contributed by atoms with van der Waals surface area (Å²) >= 11 is 5.64. The van der Waals surface area contributed by atoms with Crippen LogP contribution in [-0.4, -0.2) is 18.0 Å². The first-order valence-electron chi connectivity index (χ1n) is 4.15. The predicted molar refractivity (Wildman–Crippen MR) is 53.8 cm³/mol. The molecule has 0 saturated heterocycles. The predicted octanol–water partition coefficient (Wildman–Crippen LogP) is 2.10. The highest BCUT2D eigenvalue weighted by Gasteiger charge is 2.19. The van der Waals surface area contributed by atoms with Crippen molar-refractivity contribution < 1.29 is 18.8 Å². The van der Waals surface area contributed by atoms with Crippen LogP contribution < -0.4 is 0 Å². The lowest BCUT2D eigenvalue weighted by molar-refractivity contribution is -0.387. The second-order valence-electron chi connectivity index (χ2n) is 2.91. The maximum Gasteiger partial charge on any atom is 0.310 e. The third-order valence-corrected chi connectivity index (χ3v) is 2.23. The molecule has 1 aromatic carbocycles. The number of nitro groups is 1. The summed E-state index contributed by atoms with van der Waals surface area (Å²) in [4.78, 5) is 20.5. The van der Waals surface area contributed by atoms with Gasteiger partial charge < -0.3 is 4.74 Å². The Morgan fingerprint density at radius 1 is 1.62 bits per heavy atom. The minimum Gasteiger partial charge on any atom is -0.469 e. The van der Waals surface area contributed by atoms with Crippen LogP contribution in [0.3, 0.4) is 0 Å². The number of nitro benzene ring substituents is 1. The van der Waals surface area contributed by atoms with Crippen molar-refractivity contribution in [1.29, 1.82) is 0 Å². The van der Waals surface area contributed by atoms with E-state index in [1.807, 2.05) is 0 Å². The average Bonchev–Trinajstić information content (AvgIpc) is 2.21. The lowest BCUT2D eigenvalue weighted by atomic mass is 10.1. The number of halogens is 2. The maximum absolute atomic E-state index is 13.1. The van der Waals surface area contributed by atoms with Crippen LogP contribution in [0.1, 0.15) is 5.56 Å². The van der Waals surface area contributed by atoms with Crippen LogP contribution in [0.5, 0.6) is 0 Å². The quantitative estimate of drug-likeness (QED) is 0.466. The summed E-state index contributed by atoms with van der Waals surface area (Å²) in [6, 6.07) is 1.73. The van der Waals surface area contributed by atoms with Crippen molar-refractivity contribution in [3.05, 3.63) is 38.7 Å². The highest BCUT2D eigenvalue weighted by Crippen LogP contribution is 2.26. The zero-order valence-corrected chi connectivity index (χ0v) is 8.95. The molecule has 1 rings (SSSR count). The van der Waals surface area contributed by atoms with Crippen molar-refractivity contribution >= 4 is 23.3 Å². The van der Waals surface area contributed by atoms with E-state index in [1.54, 1.807) is 0 Å². The van der Waals surface area contributed by atoms with Gasteiger partial charge in [0.1, 0.15) is 0 Å². The summed E-state index contributed by atoms with van der Waals surface area (Å²) < 4.78 is 17.4. The Balaban J connectivity index is 3.14. The normalized spacial score (nSPS) is 9.94. The van der Waals surface area contributed by atoms with E-state index in [4.69, 9.17) is 11.6 Å². The van der Waals surface area contributed by atoms with E-state index in [1.165, 1.54) is 7.11 Å². The maximum atomic E-state index is 13.1. The Bertz CT molecular complexity index is 449. The van der Waals surface area contributed by atoms with Crippen molar-refractivity contribution in [3.63, 3.8) is 0 Å². The SMILES string of the molecule is COC(=O)Cc1cc([N+](=O)[O-])c(F)cc1Cl. The number of benzene rings is 1. The van der Waals surface area contributed by atoms with Crippen molar-refractivity contribution in [1.82, 2.24) is 0 Å². The number of rotatable bonds is 3. The van der Waals surface area contributed by atoms with Crippen LogP contribution in [0.15, 0.2) is 12.1 Å². The van der Waals surface area contributed by atoms with Gasteiger partial charge in [-0.2, -0.15) is 4.39 Å².